The number of nitrogens with one attached hydrogen (secondary N) is 2. The third kappa shape index (κ3) is 3.27. The number of hydrogen-bond acceptors (Lipinski definition) is 4. The number of hydrogen-bond donors (Lipinski definition) is 2. The normalized spacial score (nSPS) is 17.4. The lowest BCUT2D eigenvalue weighted by Gasteiger charge is -2.37. The van der Waals surface area contributed by atoms with Crippen LogP contribution in [0.2, 0.25) is 0 Å². The highest BCUT2D eigenvalue weighted by Gasteiger charge is 2.32. The van der Waals surface area contributed by atoms with Crippen molar-refractivity contribution >= 4 is 5.69 Å². The van der Waals surface area contributed by atoms with Gasteiger partial charge >= 0.3 is 0 Å². The Bertz CT molecular complexity index is 487. The van der Waals surface area contributed by atoms with Gasteiger partial charge in [-0.15, -0.1) is 0 Å². The second-order valence-corrected chi connectivity index (χ2v) is 5.31. The summed E-state index contributed by atoms with van der Waals surface area (Å²) < 4.78 is 18.9. The maximum Gasteiger partial charge on any atom is 0.143 e. The lowest BCUT2D eigenvalue weighted by atomic mass is 9.79. The SMILES string of the molecule is COCC1(CNc2cccc(F)c2C#N)CCNCC1. The first kappa shape index (κ1) is 14.8. The molecule has 0 spiro atoms. The molecule has 20 heavy (non-hydrogen) atoms. The number of piperidine rings is 1. The molecule has 0 atom stereocenters. The van der Waals surface area contributed by atoms with Crippen molar-refractivity contribution in [2.45, 2.75) is 12.8 Å². The Labute approximate surface area is 118 Å². The molecule has 5 heteroatoms. The highest BCUT2D eigenvalue weighted by Crippen LogP contribution is 2.30. The Kier molecular flexibility index (Phi) is 4.94. The molecule has 0 saturated carbocycles. The van der Waals surface area contributed by atoms with E-state index in [-0.39, 0.29) is 11.0 Å². The van der Waals surface area contributed by atoms with Crippen LogP contribution in [0.5, 0.6) is 0 Å². The number of methoxy groups -OCH3 is 1. The molecule has 108 valence electrons. The van der Waals surface area contributed by atoms with Crippen LogP contribution in [0.1, 0.15) is 18.4 Å². The van der Waals surface area contributed by atoms with Gasteiger partial charge in [-0.05, 0) is 38.1 Å². The van der Waals surface area contributed by atoms with E-state index < -0.39 is 5.82 Å². The number of ether oxygens (including phenoxy) is 1. The third-order valence-electron chi connectivity index (χ3n) is 3.89. The molecule has 1 fully saturated rings. The van der Waals surface area contributed by atoms with Gasteiger partial charge in [0.1, 0.15) is 17.4 Å². The molecular weight excluding hydrogens is 257 g/mol. The third-order valence-corrected chi connectivity index (χ3v) is 3.89. The minimum atomic E-state index is -0.483. The molecule has 4 nitrogen and oxygen atoms in total. The van der Waals surface area contributed by atoms with Gasteiger partial charge in [-0.2, -0.15) is 5.26 Å². The van der Waals surface area contributed by atoms with Crippen LogP contribution in [0.3, 0.4) is 0 Å². The van der Waals surface area contributed by atoms with Gasteiger partial charge in [0.15, 0.2) is 0 Å². The highest BCUT2D eigenvalue weighted by atomic mass is 19.1. The van der Waals surface area contributed by atoms with Gasteiger partial charge in [0.25, 0.3) is 0 Å². The molecule has 1 aliphatic heterocycles. The summed E-state index contributed by atoms with van der Waals surface area (Å²) in [5, 5.41) is 15.6. The highest BCUT2D eigenvalue weighted by molar-refractivity contribution is 5.58. The van der Waals surface area contributed by atoms with Crippen LogP contribution in [0.4, 0.5) is 10.1 Å². The number of rotatable bonds is 5. The predicted octanol–water partition coefficient (Wildman–Crippen LogP) is 2.13. The van der Waals surface area contributed by atoms with Crippen LogP contribution < -0.4 is 10.6 Å². The average Bonchev–Trinajstić information content (AvgIpc) is 2.46. The van der Waals surface area contributed by atoms with Crippen molar-refractivity contribution in [1.29, 1.82) is 5.26 Å². The van der Waals surface area contributed by atoms with E-state index in [2.05, 4.69) is 10.6 Å². The summed E-state index contributed by atoms with van der Waals surface area (Å²) in [5.74, 6) is -0.483. The van der Waals surface area contributed by atoms with E-state index in [4.69, 9.17) is 10.00 Å². The van der Waals surface area contributed by atoms with E-state index in [1.165, 1.54) is 6.07 Å². The zero-order valence-electron chi connectivity index (χ0n) is 11.7. The molecule has 2 N–H and O–H groups in total. The van der Waals surface area contributed by atoms with Gasteiger partial charge in [-0.25, -0.2) is 4.39 Å². The average molecular weight is 277 g/mol. The summed E-state index contributed by atoms with van der Waals surface area (Å²) in [6, 6.07) is 6.57. The van der Waals surface area contributed by atoms with Gasteiger partial charge < -0.3 is 15.4 Å². The predicted molar refractivity (Wildman–Crippen MR) is 76.0 cm³/mol. The summed E-state index contributed by atoms with van der Waals surface area (Å²) in [6.07, 6.45) is 2.01. The Hall–Kier alpha value is -1.64. The van der Waals surface area contributed by atoms with E-state index >= 15 is 0 Å². The summed E-state index contributed by atoms with van der Waals surface area (Å²) in [4.78, 5) is 0. The number of nitrogens with zero attached hydrogens (tertiary/aromatic N) is 1. The number of benzene rings is 1. The minimum absolute atomic E-state index is 0.0407. The molecule has 0 aromatic heterocycles. The molecule has 0 unspecified atom stereocenters. The molecule has 1 aliphatic rings. The number of halogens is 1. The zero-order valence-corrected chi connectivity index (χ0v) is 11.7. The maximum atomic E-state index is 13.6. The first-order valence-corrected chi connectivity index (χ1v) is 6.83. The number of anilines is 1. The molecule has 2 rings (SSSR count). The summed E-state index contributed by atoms with van der Waals surface area (Å²) in [5.41, 5.74) is 0.675. The fourth-order valence-corrected chi connectivity index (χ4v) is 2.70. The largest absolute Gasteiger partial charge is 0.384 e. The van der Waals surface area contributed by atoms with E-state index in [1.54, 1.807) is 19.2 Å². The van der Waals surface area contributed by atoms with Crippen molar-refractivity contribution < 1.29 is 9.13 Å². The lowest BCUT2D eigenvalue weighted by Crippen LogP contribution is -2.44. The Morgan fingerprint density at radius 1 is 1.45 bits per heavy atom. The molecule has 1 aromatic carbocycles. The van der Waals surface area contributed by atoms with Crippen molar-refractivity contribution in [3.8, 4) is 6.07 Å². The van der Waals surface area contributed by atoms with Gasteiger partial charge in [-0.1, -0.05) is 6.07 Å². The second kappa shape index (κ2) is 6.69. The van der Waals surface area contributed by atoms with Gasteiger partial charge in [-0.3, -0.25) is 0 Å². The van der Waals surface area contributed by atoms with Gasteiger partial charge in [0.05, 0.1) is 12.3 Å². The molecule has 0 bridgehead atoms. The topological polar surface area (TPSA) is 57.1 Å². The first-order chi connectivity index (χ1) is 9.71. The second-order valence-electron chi connectivity index (χ2n) is 5.31. The molecule has 0 amide bonds. The maximum absolute atomic E-state index is 13.6. The Morgan fingerprint density at radius 2 is 2.20 bits per heavy atom. The summed E-state index contributed by atoms with van der Waals surface area (Å²) >= 11 is 0. The van der Waals surface area contributed by atoms with E-state index in [0.29, 0.717) is 18.8 Å². The molecular formula is C15H20FN3O. The van der Waals surface area contributed by atoms with Gasteiger partial charge in [0, 0.05) is 19.1 Å². The molecule has 1 saturated heterocycles. The van der Waals surface area contributed by atoms with Crippen LogP contribution in [0.15, 0.2) is 18.2 Å². The van der Waals surface area contributed by atoms with Crippen molar-refractivity contribution in [2.75, 3.05) is 38.7 Å². The number of nitriles is 1. The van der Waals surface area contributed by atoms with Crippen LogP contribution in [-0.2, 0) is 4.74 Å². The van der Waals surface area contributed by atoms with E-state index in [1.807, 2.05) is 6.07 Å². The van der Waals surface area contributed by atoms with E-state index in [9.17, 15) is 4.39 Å². The zero-order chi connectivity index (χ0) is 14.4. The molecule has 0 radical (unpaired) electrons. The van der Waals surface area contributed by atoms with Crippen LogP contribution in [0, 0.1) is 22.6 Å². The van der Waals surface area contributed by atoms with Crippen LogP contribution in [-0.4, -0.2) is 33.4 Å². The standard InChI is InChI=1S/C15H20FN3O/c1-20-11-15(5-7-18-8-6-15)10-19-14-4-2-3-13(16)12(14)9-17/h2-4,18-19H,5-8,10-11H2,1H3. The monoisotopic (exact) mass is 277 g/mol. The van der Waals surface area contributed by atoms with Crippen molar-refractivity contribution in [2.24, 2.45) is 5.41 Å². The Balaban J connectivity index is 2.10. The molecule has 0 aliphatic carbocycles. The minimum Gasteiger partial charge on any atom is -0.384 e. The van der Waals surface area contributed by atoms with Gasteiger partial charge in [0.2, 0.25) is 0 Å². The van der Waals surface area contributed by atoms with Crippen molar-refractivity contribution in [3.05, 3.63) is 29.6 Å². The fourth-order valence-electron chi connectivity index (χ4n) is 2.70. The quantitative estimate of drug-likeness (QED) is 0.865. The van der Waals surface area contributed by atoms with E-state index in [0.717, 1.165) is 25.9 Å². The molecule has 1 aromatic rings. The first-order valence-electron chi connectivity index (χ1n) is 6.83. The van der Waals surface area contributed by atoms with Crippen LogP contribution in [0.25, 0.3) is 0 Å². The Morgan fingerprint density at radius 3 is 2.85 bits per heavy atom. The molecule has 1 heterocycles. The lowest BCUT2D eigenvalue weighted by molar-refractivity contribution is 0.0636. The summed E-state index contributed by atoms with van der Waals surface area (Å²) in [7, 11) is 1.70. The van der Waals surface area contributed by atoms with Crippen molar-refractivity contribution in [1.82, 2.24) is 5.32 Å². The summed E-state index contributed by atoms with van der Waals surface area (Å²) in [6.45, 7) is 3.26. The smallest absolute Gasteiger partial charge is 0.143 e. The van der Waals surface area contributed by atoms with Crippen molar-refractivity contribution in [3.63, 3.8) is 0 Å². The fraction of sp³-hybridized carbons (Fsp3) is 0.533. The van der Waals surface area contributed by atoms with Crippen LogP contribution >= 0.6 is 0 Å².